The van der Waals surface area contributed by atoms with Crippen LogP contribution in [0.25, 0.3) is 22.0 Å². The van der Waals surface area contributed by atoms with E-state index in [1.54, 1.807) is 6.20 Å². The molecule has 0 saturated carbocycles. The molecule has 0 atom stereocenters. The zero-order valence-electron chi connectivity index (χ0n) is 12.0. The zero-order chi connectivity index (χ0) is 15.6. The summed E-state index contributed by atoms with van der Waals surface area (Å²) in [5, 5.41) is 11.2. The topological polar surface area (TPSA) is 66.5 Å². The Bertz CT molecular complexity index is 949. The molecule has 2 aromatic heterocycles. The van der Waals surface area contributed by atoms with E-state index in [2.05, 4.69) is 25.5 Å². The van der Waals surface area contributed by atoms with Crippen LogP contribution in [0.15, 0.2) is 60.9 Å². The number of aromatic amines is 1. The highest BCUT2D eigenvalue weighted by molar-refractivity contribution is 6.28. The Morgan fingerprint density at radius 3 is 2.52 bits per heavy atom. The molecule has 4 rings (SSSR count). The molecule has 23 heavy (non-hydrogen) atoms. The van der Waals surface area contributed by atoms with Crippen LogP contribution in [0.5, 0.6) is 0 Å². The number of fused-ring (bicyclic) bond motifs is 1. The van der Waals surface area contributed by atoms with Gasteiger partial charge < -0.3 is 5.32 Å². The average Bonchev–Trinajstić information content (AvgIpc) is 3.10. The molecule has 112 valence electrons. The molecule has 5 nitrogen and oxygen atoms in total. The van der Waals surface area contributed by atoms with Gasteiger partial charge in [0, 0.05) is 22.8 Å². The number of benzene rings is 2. The fourth-order valence-electron chi connectivity index (χ4n) is 2.44. The van der Waals surface area contributed by atoms with E-state index in [0.717, 1.165) is 27.7 Å². The first-order valence-electron chi connectivity index (χ1n) is 7.08. The number of para-hydroxylation sites is 1. The standard InChI is InChI=1S/C17H12ClN5/c18-17-22-15-4-2-1-3-14(15)16(23-17)21-13-7-5-11(6-8-13)12-9-19-20-10-12/h1-10H,(H,19,20)(H,21,22,23). The average molecular weight is 322 g/mol. The highest BCUT2D eigenvalue weighted by Gasteiger charge is 2.07. The van der Waals surface area contributed by atoms with Crippen LogP contribution in [0, 0.1) is 0 Å². The van der Waals surface area contributed by atoms with Crippen LogP contribution in [-0.4, -0.2) is 20.2 Å². The molecule has 2 N–H and O–H groups in total. The number of hydrogen-bond acceptors (Lipinski definition) is 4. The van der Waals surface area contributed by atoms with E-state index in [0.29, 0.717) is 5.82 Å². The maximum absolute atomic E-state index is 6.01. The number of rotatable bonds is 3. The van der Waals surface area contributed by atoms with Crippen molar-refractivity contribution in [2.75, 3.05) is 5.32 Å². The highest BCUT2D eigenvalue weighted by Crippen LogP contribution is 2.26. The van der Waals surface area contributed by atoms with E-state index in [1.165, 1.54) is 0 Å². The zero-order valence-corrected chi connectivity index (χ0v) is 12.7. The summed E-state index contributed by atoms with van der Waals surface area (Å²) in [6.45, 7) is 0. The Balaban J connectivity index is 1.68. The molecule has 0 aliphatic carbocycles. The molecule has 0 unspecified atom stereocenters. The van der Waals surface area contributed by atoms with Gasteiger partial charge >= 0.3 is 0 Å². The van der Waals surface area contributed by atoms with E-state index in [1.807, 2.05) is 54.7 Å². The summed E-state index contributed by atoms with van der Waals surface area (Å²) < 4.78 is 0. The van der Waals surface area contributed by atoms with Gasteiger partial charge in [0.1, 0.15) is 5.82 Å². The number of nitrogens with one attached hydrogen (secondary N) is 2. The van der Waals surface area contributed by atoms with Gasteiger partial charge in [-0.1, -0.05) is 24.3 Å². The predicted octanol–water partition coefficient (Wildman–Crippen LogP) is 4.42. The van der Waals surface area contributed by atoms with Gasteiger partial charge in [0.25, 0.3) is 0 Å². The maximum Gasteiger partial charge on any atom is 0.224 e. The van der Waals surface area contributed by atoms with Gasteiger partial charge in [-0.3, -0.25) is 5.10 Å². The molecule has 0 saturated heterocycles. The minimum atomic E-state index is 0.223. The van der Waals surface area contributed by atoms with E-state index < -0.39 is 0 Å². The third kappa shape index (κ3) is 2.74. The summed E-state index contributed by atoms with van der Waals surface area (Å²) in [7, 11) is 0. The first kappa shape index (κ1) is 13.7. The Morgan fingerprint density at radius 1 is 0.913 bits per heavy atom. The largest absolute Gasteiger partial charge is 0.340 e. The number of aromatic nitrogens is 4. The van der Waals surface area contributed by atoms with Crippen molar-refractivity contribution in [3.63, 3.8) is 0 Å². The third-order valence-electron chi connectivity index (χ3n) is 3.56. The molecule has 0 fully saturated rings. The Hall–Kier alpha value is -2.92. The first-order chi connectivity index (χ1) is 11.3. The summed E-state index contributed by atoms with van der Waals surface area (Å²) in [5.74, 6) is 0.691. The molecule has 0 aliphatic heterocycles. The Kier molecular flexibility index (Phi) is 3.40. The second-order valence-electron chi connectivity index (χ2n) is 5.05. The lowest BCUT2D eigenvalue weighted by Gasteiger charge is -2.09. The van der Waals surface area contributed by atoms with Gasteiger partial charge in [-0.25, -0.2) is 4.98 Å². The van der Waals surface area contributed by atoms with Crippen LogP contribution in [0.4, 0.5) is 11.5 Å². The van der Waals surface area contributed by atoms with Gasteiger partial charge in [-0.2, -0.15) is 10.1 Å². The number of anilines is 2. The normalized spacial score (nSPS) is 10.8. The molecule has 0 amide bonds. The minimum absolute atomic E-state index is 0.223. The number of H-pyrrole nitrogens is 1. The van der Waals surface area contributed by atoms with E-state index in [-0.39, 0.29) is 5.28 Å². The summed E-state index contributed by atoms with van der Waals surface area (Å²) in [4.78, 5) is 8.53. The smallest absolute Gasteiger partial charge is 0.224 e. The second kappa shape index (κ2) is 5.70. The summed E-state index contributed by atoms with van der Waals surface area (Å²) in [6.07, 6.45) is 3.65. The third-order valence-corrected chi connectivity index (χ3v) is 3.72. The van der Waals surface area contributed by atoms with E-state index in [9.17, 15) is 0 Å². The molecule has 6 heteroatoms. The minimum Gasteiger partial charge on any atom is -0.340 e. The lowest BCUT2D eigenvalue weighted by molar-refractivity contribution is 1.09. The fraction of sp³-hybridized carbons (Fsp3) is 0. The summed E-state index contributed by atoms with van der Waals surface area (Å²) in [6, 6.07) is 15.8. The second-order valence-corrected chi connectivity index (χ2v) is 5.39. The molecular formula is C17H12ClN5. The number of nitrogens with zero attached hydrogens (tertiary/aromatic N) is 3. The van der Waals surface area contributed by atoms with Crippen molar-refractivity contribution in [1.29, 1.82) is 0 Å². The van der Waals surface area contributed by atoms with Crippen molar-refractivity contribution in [3.05, 3.63) is 66.2 Å². The lowest BCUT2D eigenvalue weighted by Crippen LogP contribution is -1.97. The predicted molar refractivity (Wildman–Crippen MR) is 91.9 cm³/mol. The van der Waals surface area contributed by atoms with Crippen LogP contribution < -0.4 is 5.32 Å². The molecule has 2 aromatic carbocycles. The highest BCUT2D eigenvalue weighted by atomic mass is 35.5. The quantitative estimate of drug-likeness (QED) is 0.548. The number of hydrogen-bond donors (Lipinski definition) is 2. The van der Waals surface area contributed by atoms with Crippen molar-refractivity contribution in [2.45, 2.75) is 0 Å². The summed E-state index contributed by atoms with van der Waals surface area (Å²) >= 11 is 6.01. The summed E-state index contributed by atoms with van der Waals surface area (Å²) in [5.41, 5.74) is 3.88. The van der Waals surface area contributed by atoms with Crippen LogP contribution in [0.3, 0.4) is 0 Å². The van der Waals surface area contributed by atoms with Gasteiger partial charge in [-0.05, 0) is 41.4 Å². The fourth-order valence-corrected chi connectivity index (χ4v) is 2.61. The van der Waals surface area contributed by atoms with Gasteiger partial charge in [0.15, 0.2) is 0 Å². The first-order valence-corrected chi connectivity index (χ1v) is 7.46. The lowest BCUT2D eigenvalue weighted by atomic mass is 10.1. The molecule has 2 heterocycles. The van der Waals surface area contributed by atoms with Crippen molar-refractivity contribution in [2.24, 2.45) is 0 Å². The van der Waals surface area contributed by atoms with Crippen LogP contribution in [0.1, 0.15) is 0 Å². The maximum atomic E-state index is 6.01. The van der Waals surface area contributed by atoms with Crippen molar-refractivity contribution in [3.8, 4) is 11.1 Å². The number of halogens is 1. The Morgan fingerprint density at radius 2 is 1.74 bits per heavy atom. The van der Waals surface area contributed by atoms with E-state index >= 15 is 0 Å². The molecule has 0 bridgehead atoms. The van der Waals surface area contributed by atoms with Crippen LogP contribution >= 0.6 is 11.6 Å². The molecule has 0 radical (unpaired) electrons. The van der Waals surface area contributed by atoms with Gasteiger partial charge in [0.2, 0.25) is 5.28 Å². The van der Waals surface area contributed by atoms with Crippen molar-refractivity contribution in [1.82, 2.24) is 20.2 Å². The van der Waals surface area contributed by atoms with Crippen LogP contribution in [0.2, 0.25) is 5.28 Å². The van der Waals surface area contributed by atoms with Crippen molar-refractivity contribution < 1.29 is 0 Å². The van der Waals surface area contributed by atoms with Crippen LogP contribution in [-0.2, 0) is 0 Å². The molecule has 0 aliphatic rings. The molecule has 0 spiro atoms. The van der Waals surface area contributed by atoms with Gasteiger partial charge in [-0.15, -0.1) is 0 Å². The van der Waals surface area contributed by atoms with Crippen molar-refractivity contribution >= 4 is 34.0 Å². The van der Waals surface area contributed by atoms with E-state index in [4.69, 9.17) is 11.6 Å². The van der Waals surface area contributed by atoms with Gasteiger partial charge in [0.05, 0.1) is 11.7 Å². The Labute approximate surface area is 137 Å². The monoisotopic (exact) mass is 321 g/mol. The molecule has 4 aromatic rings. The SMILES string of the molecule is Clc1nc(Nc2ccc(-c3cn[nH]c3)cc2)c2ccccc2n1. The molecular weight excluding hydrogens is 310 g/mol.